The molecule has 0 spiro atoms. The largest absolute Gasteiger partial charge is 0.297 e. The smallest absolute Gasteiger partial charge is 0.244 e. The van der Waals surface area contributed by atoms with Crippen molar-refractivity contribution in [2.45, 2.75) is 12.5 Å². The highest BCUT2D eigenvalue weighted by atomic mass is 16.2. The number of carbonyl (C=O) groups excluding carboxylic acids is 2. The summed E-state index contributed by atoms with van der Waals surface area (Å²) >= 11 is 0. The van der Waals surface area contributed by atoms with Gasteiger partial charge in [-0.25, -0.2) is 0 Å². The molecule has 1 aliphatic heterocycles. The second-order valence-electron chi connectivity index (χ2n) is 3.54. The molecule has 1 atom stereocenters. The van der Waals surface area contributed by atoms with Crippen molar-refractivity contribution >= 4 is 11.8 Å². The first-order valence-corrected chi connectivity index (χ1v) is 4.87. The van der Waals surface area contributed by atoms with Gasteiger partial charge in [0.15, 0.2) is 0 Å². The molecular formula is C11H12N2O2. The molecule has 0 bridgehead atoms. The van der Waals surface area contributed by atoms with Gasteiger partial charge in [0.05, 0.1) is 12.6 Å². The van der Waals surface area contributed by atoms with E-state index >= 15 is 0 Å². The zero-order valence-corrected chi connectivity index (χ0v) is 8.19. The molecule has 1 heterocycles. The molecule has 0 unspecified atom stereocenters. The molecule has 2 N–H and O–H groups in total. The maximum atomic E-state index is 11.4. The first-order chi connectivity index (χ1) is 7.25. The molecule has 0 aromatic heterocycles. The zero-order chi connectivity index (χ0) is 10.7. The molecule has 0 saturated carbocycles. The highest BCUT2D eigenvalue weighted by molar-refractivity contribution is 6.01. The molecular weight excluding hydrogens is 192 g/mol. The summed E-state index contributed by atoms with van der Waals surface area (Å²) in [6.45, 7) is 0.212. The van der Waals surface area contributed by atoms with Crippen molar-refractivity contribution in [2.75, 3.05) is 6.54 Å². The van der Waals surface area contributed by atoms with Crippen LogP contribution in [0.5, 0.6) is 0 Å². The van der Waals surface area contributed by atoms with Crippen LogP contribution in [-0.4, -0.2) is 24.4 Å². The topological polar surface area (TPSA) is 58.2 Å². The maximum absolute atomic E-state index is 11.4. The van der Waals surface area contributed by atoms with Crippen molar-refractivity contribution in [3.05, 3.63) is 35.9 Å². The normalized spacial score (nSPS) is 21.2. The van der Waals surface area contributed by atoms with Crippen LogP contribution in [0.15, 0.2) is 30.3 Å². The quantitative estimate of drug-likeness (QED) is 0.658. The van der Waals surface area contributed by atoms with Crippen LogP contribution in [0.1, 0.15) is 5.56 Å². The lowest BCUT2D eigenvalue weighted by molar-refractivity contribution is -0.134. The molecule has 2 rings (SSSR count). The van der Waals surface area contributed by atoms with Crippen LogP contribution >= 0.6 is 0 Å². The molecule has 1 fully saturated rings. The number of piperazine rings is 1. The number of rotatable bonds is 2. The standard InChI is InChI=1S/C11H12N2O2/c14-10-7-12-9(11(15)13-10)6-8-4-2-1-3-5-8/h1-5,9,12H,6-7H2,(H,13,14,15)/t9-/m1/s1. The van der Waals surface area contributed by atoms with Gasteiger partial charge < -0.3 is 0 Å². The third-order valence-corrected chi connectivity index (χ3v) is 2.37. The van der Waals surface area contributed by atoms with Crippen molar-refractivity contribution < 1.29 is 9.59 Å². The summed E-state index contributed by atoms with van der Waals surface area (Å²) in [4.78, 5) is 22.3. The Kier molecular flexibility index (Phi) is 2.78. The van der Waals surface area contributed by atoms with Gasteiger partial charge in [-0.3, -0.25) is 20.2 Å². The minimum atomic E-state index is -0.301. The Morgan fingerprint density at radius 3 is 2.60 bits per heavy atom. The number of benzene rings is 1. The molecule has 0 aliphatic carbocycles. The Morgan fingerprint density at radius 2 is 1.93 bits per heavy atom. The summed E-state index contributed by atoms with van der Waals surface area (Å²) in [5, 5.41) is 5.21. The molecule has 2 amide bonds. The highest BCUT2D eigenvalue weighted by Crippen LogP contribution is 2.04. The summed E-state index contributed by atoms with van der Waals surface area (Å²) in [5.74, 6) is -0.501. The zero-order valence-electron chi connectivity index (χ0n) is 8.19. The Morgan fingerprint density at radius 1 is 1.20 bits per heavy atom. The van der Waals surface area contributed by atoms with Gasteiger partial charge in [-0.2, -0.15) is 0 Å². The van der Waals surface area contributed by atoms with E-state index < -0.39 is 0 Å². The summed E-state index contributed by atoms with van der Waals surface area (Å²) in [6.07, 6.45) is 0.611. The third kappa shape index (κ3) is 2.41. The number of imide groups is 1. The number of hydrogen-bond acceptors (Lipinski definition) is 3. The molecule has 0 radical (unpaired) electrons. The fraction of sp³-hybridized carbons (Fsp3) is 0.273. The first kappa shape index (κ1) is 9.86. The van der Waals surface area contributed by atoms with Gasteiger partial charge in [0.1, 0.15) is 0 Å². The highest BCUT2D eigenvalue weighted by Gasteiger charge is 2.25. The van der Waals surface area contributed by atoms with E-state index in [4.69, 9.17) is 0 Å². The van der Waals surface area contributed by atoms with Crippen LogP contribution in [0.2, 0.25) is 0 Å². The van der Waals surface area contributed by atoms with E-state index in [9.17, 15) is 9.59 Å². The van der Waals surface area contributed by atoms with Crippen LogP contribution in [0.3, 0.4) is 0 Å². The van der Waals surface area contributed by atoms with Gasteiger partial charge >= 0.3 is 0 Å². The molecule has 1 aromatic carbocycles. The van der Waals surface area contributed by atoms with E-state index in [1.54, 1.807) is 0 Å². The lowest BCUT2D eigenvalue weighted by Gasteiger charge is -2.22. The van der Waals surface area contributed by atoms with Crippen LogP contribution in [0.4, 0.5) is 0 Å². The van der Waals surface area contributed by atoms with Crippen LogP contribution < -0.4 is 10.6 Å². The number of hydrogen-bond donors (Lipinski definition) is 2. The van der Waals surface area contributed by atoms with Crippen LogP contribution in [0.25, 0.3) is 0 Å². The van der Waals surface area contributed by atoms with Crippen molar-refractivity contribution in [2.24, 2.45) is 0 Å². The van der Waals surface area contributed by atoms with E-state index in [1.165, 1.54) is 0 Å². The number of nitrogens with one attached hydrogen (secondary N) is 2. The summed E-state index contributed by atoms with van der Waals surface area (Å²) in [5.41, 5.74) is 1.08. The van der Waals surface area contributed by atoms with Gasteiger partial charge in [0, 0.05) is 0 Å². The Balaban J connectivity index is 2.01. The third-order valence-electron chi connectivity index (χ3n) is 2.37. The van der Waals surface area contributed by atoms with Crippen molar-refractivity contribution in [3.63, 3.8) is 0 Å². The Bertz CT molecular complexity index is 375. The average molecular weight is 204 g/mol. The van der Waals surface area contributed by atoms with Gasteiger partial charge in [-0.1, -0.05) is 30.3 Å². The first-order valence-electron chi connectivity index (χ1n) is 4.87. The predicted octanol–water partition coefficient (Wildman–Crippen LogP) is -0.156. The summed E-state index contributed by atoms with van der Waals surface area (Å²) in [6, 6.07) is 9.42. The number of carbonyl (C=O) groups is 2. The second-order valence-corrected chi connectivity index (χ2v) is 3.54. The predicted molar refractivity (Wildman–Crippen MR) is 55.1 cm³/mol. The van der Waals surface area contributed by atoms with E-state index in [0.717, 1.165) is 5.56 Å². The van der Waals surface area contributed by atoms with Gasteiger partial charge in [0.25, 0.3) is 0 Å². The lowest BCUT2D eigenvalue weighted by atomic mass is 10.0. The van der Waals surface area contributed by atoms with Gasteiger partial charge in [-0.05, 0) is 12.0 Å². The Hall–Kier alpha value is -1.68. The fourth-order valence-corrected chi connectivity index (χ4v) is 1.59. The second kappa shape index (κ2) is 4.23. The Labute approximate surface area is 87.7 Å². The van der Waals surface area contributed by atoms with Crippen molar-refractivity contribution in [1.82, 2.24) is 10.6 Å². The monoisotopic (exact) mass is 204 g/mol. The molecule has 1 aliphatic rings. The molecule has 1 aromatic rings. The van der Waals surface area contributed by atoms with Crippen LogP contribution in [-0.2, 0) is 16.0 Å². The molecule has 15 heavy (non-hydrogen) atoms. The SMILES string of the molecule is O=C1CN[C@H](Cc2ccccc2)C(=O)N1. The summed E-state index contributed by atoms with van der Waals surface area (Å²) < 4.78 is 0. The van der Waals surface area contributed by atoms with Crippen molar-refractivity contribution in [3.8, 4) is 0 Å². The molecule has 78 valence electrons. The average Bonchev–Trinajstić information content (AvgIpc) is 2.24. The van der Waals surface area contributed by atoms with Gasteiger partial charge in [-0.15, -0.1) is 0 Å². The fourth-order valence-electron chi connectivity index (χ4n) is 1.59. The number of amides is 2. The van der Waals surface area contributed by atoms with E-state index in [2.05, 4.69) is 10.6 Å². The molecule has 1 saturated heterocycles. The summed E-state index contributed by atoms with van der Waals surface area (Å²) in [7, 11) is 0. The van der Waals surface area contributed by atoms with E-state index in [1.807, 2.05) is 30.3 Å². The van der Waals surface area contributed by atoms with Crippen LogP contribution in [0, 0.1) is 0 Å². The van der Waals surface area contributed by atoms with E-state index in [0.29, 0.717) is 6.42 Å². The van der Waals surface area contributed by atoms with Crippen molar-refractivity contribution in [1.29, 1.82) is 0 Å². The minimum absolute atomic E-state index is 0.212. The lowest BCUT2D eigenvalue weighted by Crippen LogP contribution is -2.56. The molecule has 4 nitrogen and oxygen atoms in total. The maximum Gasteiger partial charge on any atom is 0.244 e. The van der Waals surface area contributed by atoms with E-state index in [-0.39, 0.29) is 24.4 Å². The minimum Gasteiger partial charge on any atom is -0.297 e. The molecule has 4 heteroatoms. The van der Waals surface area contributed by atoms with Gasteiger partial charge in [0.2, 0.25) is 11.8 Å².